The first kappa shape index (κ1) is 22.2. The number of ether oxygens (including phenoxy) is 1. The van der Waals surface area contributed by atoms with Crippen LogP contribution in [0, 0.1) is 5.41 Å². The largest absolute Gasteiger partial charge is 0.444 e. The molecule has 29 heavy (non-hydrogen) atoms. The molecule has 2 rings (SSSR count). The van der Waals surface area contributed by atoms with Gasteiger partial charge in [0.15, 0.2) is 5.82 Å². The van der Waals surface area contributed by atoms with E-state index in [4.69, 9.17) is 4.74 Å². The smallest absolute Gasteiger partial charge is 0.410 e. The van der Waals surface area contributed by atoms with Gasteiger partial charge >= 0.3 is 6.09 Å². The van der Waals surface area contributed by atoms with Crippen LogP contribution in [0.4, 0.5) is 10.5 Å². The lowest BCUT2D eigenvalue weighted by atomic mass is 9.95. The Labute approximate surface area is 170 Å². The second-order valence-electron chi connectivity index (χ2n) is 8.76. The molecule has 9 nitrogen and oxygen atoms in total. The fraction of sp³-hybridized carbons (Fsp3) is 0.500. The first-order chi connectivity index (χ1) is 13.3. The molecule has 0 aliphatic heterocycles. The van der Waals surface area contributed by atoms with E-state index in [0.29, 0.717) is 22.9 Å². The zero-order valence-electron chi connectivity index (χ0n) is 18.0. The molecule has 0 atom stereocenters. The van der Waals surface area contributed by atoms with Crippen molar-refractivity contribution in [3.8, 4) is 11.4 Å². The van der Waals surface area contributed by atoms with Crippen molar-refractivity contribution < 1.29 is 14.3 Å². The van der Waals surface area contributed by atoms with Crippen LogP contribution < -0.4 is 5.32 Å². The van der Waals surface area contributed by atoms with E-state index in [9.17, 15) is 9.59 Å². The zero-order valence-corrected chi connectivity index (χ0v) is 18.0. The van der Waals surface area contributed by atoms with Gasteiger partial charge in [0.25, 0.3) is 0 Å². The molecular formula is C20H28N6O3. The number of benzene rings is 1. The number of anilines is 1. The highest BCUT2D eigenvalue weighted by molar-refractivity contribution is 5.94. The summed E-state index contributed by atoms with van der Waals surface area (Å²) in [4.78, 5) is 25.4. The fourth-order valence-electron chi connectivity index (χ4n) is 2.07. The van der Waals surface area contributed by atoms with Gasteiger partial charge in [0.1, 0.15) is 5.60 Å². The number of carbonyl (C=O) groups excluding carboxylic acids is 2. The lowest BCUT2D eigenvalue weighted by Gasteiger charge is -2.23. The number of nitrogens with one attached hydrogen (secondary N) is 1. The van der Waals surface area contributed by atoms with Crippen LogP contribution in [0.5, 0.6) is 0 Å². The van der Waals surface area contributed by atoms with Crippen molar-refractivity contribution in [2.45, 2.75) is 53.7 Å². The van der Waals surface area contributed by atoms with Gasteiger partial charge in [-0.2, -0.15) is 0 Å². The summed E-state index contributed by atoms with van der Waals surface area (Å²) in [6, 6.07) is 7.10. The number of amides is 2. The summed E-state index contributed by atoms with van der Waals surface area (Å²) in [7, 11) is 1.59. The highest BCUT2D eigenvalue weighted by atomic mass is 16.6. The van der Waals surface area contributed by atoms with Crippen LogP contribution in [0.3, 0.4) is 0 Å². The van der Waals surface area contributed by atoms with Gasteiger partial charge in [-0.05, 0) is 45.0 Å². The van der Waals surface area contributed by atoms with Crippen molar-refractivity contribution in [2.24, 2.45) is 5.41 Å². The molecule has 2 amide bonds. The van der Waals surface area contributed by atoms with Crippen LogP contribution in [0.15, 0.2) is 24.3 Å². The number of aromatic nitrogens is 4. The standard InChI is InChI=1S/C20H28N6O3/c1-19(2,3)17(27)21-14-10-8-13(9-11-14)16-24-22-15(23-25-16)12-26(7)18(28)29-20(4,5)6/h8-11H,12H2,1-7H3,(H,21,27). The average molecular weight is 400 g/mol. The maximum Gasteiger partial charge on any atom is 0.410 e. The minimum Gasteiger partial charge on any atom is -0.444 e. The van der Waals surface area contributed by atoms with E-state index in [-0.39, 0.29) is 12.5 Å². The average Bonchev–Trinajstić information content (AvgIpc) is 2.61. The second-order valence-corrected chi connectivity index (χ2v) is 8.76. The Bertz CT molecular complexity index is 852. The van der Waals surface area contributed by atoms with E-state index in [1.807, 2.05) is 20.8 Å². The zero-order chi connectivity index (χ0) is 21.8. The summed E-state index contributed by atoms with van der Waals surface area (Å²) in [5, 5.41) is 19.1. The third-order valence-electron chi connectivity index (χ3n) is 3.69. The van der Waals surface area contributed by atoms with E-state index in [2.05, 4.69) is 25.7 Å². The lowest BCUT2D eigenvalue weighted by molar-refractivity contribution is -0.123. The first-order valence-corrected chi connectivity index (χ1v) is 9.27. The van der Waals surface area contributed by atoms with Crippen LogP contribution in [0.25, 0.3) is 11.4 Å². The topological polar surface area (TPSA) is 110 Å². The quantitative estimate of drug-likeness (QED) is 0.838. The number of hydrogen-bond donors (Lipinski definition) is 1. The van der Waals surface area contributed by atoms with Gasteiger partial charge in [-0.3, -0.25) is 4.79 Å². The minimum atomic E-state index is -0.578. The van der Waals surface area contributed by atoms with Crippen LogP contribution in [0.1, 0.15) is 47.4 Å². The van der Waals surface area contributed by atoms with Crippen molar-refractivity contribution in [3.63, 3.8) is 0 Å². The van der Waals surface area contributed by atoms with Gasteiger partial charge in [-0.25, -0.2) is 4.79 Å². The summed E-state index contributed by atoms with van der Waals surface area (Å²) in [6.07, 6.45) is -0.474. The summed E-state index contributed by atoms with van der Waals surface area (Å²) in [5.74, 6) is 0.585. The first-order valence-electron chi connectivity index (χ1n) is 9.27. The molecule has 1 heterocycles. The summed E-state index contributed by atoms with van der Waals surface area (Å²) in [6.45, 7) is 11.1. The molecule has 9 heteroatoms. The number of rotatable bonds is 4. The molecule has 156 valence electrons. The number of nitrogens with zero attached hydrogens (tertiary/aromatic N) is 5. The Hall–Kier alpha value is -3.10. The molecule has 1 aromatic carbocycles. The van der Waals surface area contributed by atoms with Crippen molar-refractivity contribution in [2.75, 3.05) is 12.4 Å². The van der Waals surface area contributed by atoms with Crippen LogP contribution in [-0.4, -0.2) is 49.9 Å². The van der Waals surface area contributed by atoms with Crippen molar-refractivity contribution in [1.29, 1.82) is 0 Å². The lowest BCUT2D eigenvalue weighted by Crippen LogP contribution is -2.34. The maximum atomic E-state index is 12.0. The molecule has 0 aliphatic carbocycles. The molecule has 1 N–H and O–H groups in total. The molecule has 0 aliphatic rings. The third-order valence-corrected chi connectivity index (χ3v) is 3.69. The molecule has 2 aromatic rings. The molecule has 0 saturated carbocycles. The molecule has 0 fully saturated rings. The molecule has 0 unspecified atom stereocenters. The van der Waals surface area contributed by atoms with E-state index < -0.39 is 17.1 Å². The van der Waals surface area contributed by atoms with Gasteiger partial charge in [0.2, 0.25) is 11.7 Å². The van der Waals surface area contributed by atoms with Crippen LogP contribution in [0.2, 0.25) is 0 Å². The Balaban J connectivity index is 2.01. The van der Waals surface area contributed by atoms with Crippen molar-refractivity contribution in [1.82, 2.24) is 25.3 Å². The van der Waals surface area contributed by atoms with Gasteiger partial charge in [0.05, 0.1) is 6.54 Å². The number of carbonyl (C=O) groups is 2. The Morgan fingerprint density at radius 1 is 0.966 bits per heavy atom. The van der Waals surface area contributed by atoms with Crippen molar-refractivity contribution in [3.05, 3.63) is 30.1 Å². The van der Waals surface area contributed by atoms with Gasteiger partial charge in [-0.1, -0.05) is 20.8 Å². The highest BCUT2D eigenvalue weighted by Gasteiger charge is 2.22. The Morgan fingerprint density at radius 3 is 2.00 bits per heavy atom. The second kappa shape index (κ2) is 8.50. The van der Waals surface area contributed by atoms with Gasteiger partial charge in [-0.15, -0.1) is 20.4 Å². The molecule has 0 spiro atoms. The maximum absolute atomic E-state index is 12.0. The fourth-order valence-corrected chi connectivity index (χ4v) is 2.07. The SMILES string of the molecule is CN(Cc1nnc(-c2ccc(NC(=O)C(C)(C)C)cc2)nn1)C(=O)OC(C)(C)C. The van der Waals surface area contributed by atoms with Crippen LogP contribution >= 0.6 is 0 Å². The summed E-state index contributed by atoms with van der Waals surface area (Å²) < 4.78 is 5.28. The van der Waals surface area contributed by atoms with E-state index >= 15 is 0 Å². The summed E-state index contributed by atoms with van der Waals surface area (Å²) in [5.41, 5.74) is 0.346. The third kappa shape index (κ3) is 6.78. The number of hydrogen-bond acceptors (Lipinski definition) is 7. The van der Waals surface area contributed by atoms with E-state index in [1.165, 1.54) is 4.90 Å². The molecule has 0 saturated heterocycles. The van der Waals surface area contributed by atoms with Crippen LogP contribution in [-0.2, 0) is 16.1 Å². The predicted octanol–water partition coefficient (Wildman–Crippen LogP) is 3.29. The molecule has 1 aromatic heterocycles. The van der Waals surface area contributed by atoms with E-state index in [1.54, 1.807) is 52.1 Å². The normalized spacial score (nSPS) is 11.7. The van der Waals surface area contributed by atoms with Gasteiger partial charge < -0.3 is 15.0 Å². The monoisotopic (exact) mass is 400 g/mol. The molecule has 0 bridgehead atoms. The Morgan fingerprint density at radius 2 is 1.52 bits per heavy atom. The molecule has 0 radical (unpaired) electrons. The minimum absolute atomic E-state index is 0.0664. The van der Waals surface area contributed by atoms with E-state index in [0.717, 1.165) is 0 Å². The molecular weight excluding hydrogens is 372 g/mol. The Kier molecular flexibility index (Phi) is 6.51. The van der Waals surface area contributed by atoms with Gasteiger partial charge in [0, 0.05) is 23.7 Å². The highest BCUT2D eigenvalue weighted by Crippen LogP contribution is 2.20. The van der Waals surface area contributed by atoms with Crippen molar-refractivity contribution >= 4 is 17.7 Å². The summed E-state index contributed by atoms with van der Waals surface area (Å²) >= 11 is 0. The predicted molar refractivity (Wildman–Crippen MR) is 109 cm³/mol.